The number of carbonyl (C=O) groups excluding carboxylic acids is 5. The summed E-state index contributed by atoms with van der Waals surface area (Å²) in [6.45, 7) is 13.5. The Morgan fingerprint density at radius 3 is 1.74 bits per heavy atom. The molecular weight excluding hydrogens is 684 g/mol. The minimum absolute atomic E-state index is 0.122. The van der Waals surface area contributed by atoms with Gasteiger partial charge in [0.25, 0.3) is 0 Å². The fraction of sp³-hybridized carbons (Fsp3) is 0.595. The average molecular weight is 747 g/mol. The van der Waals surface area contributed by atoms with Crippen LogP contribution in [0.3, 0.4) is 0 Å². The highest BCUT2D eigenvalue weighted by molar-refractivity contribution is 5.98. The predicted molar refractivity (Wildman–Crippen MR) is 209 cm³/mol. The Kier molecular flexibility index (Phi) is 16.2. The second-order valence-corrected chi connectivity index (χ2v) is 16.1. The summed E-state index contributed by atoms with van der Waals surface area (Å²) in [5.74, 6) is -1.51. The molecule has 4 amide bonds. The van der Waals surface area contributed by atoms with Crippen LogP contribution < -0.4 is 21.3 Å². The summed E-state index contributed by atoms with van der Waals surface area (Å²) in [6, 6.07) is 15.5. The van der Waals surface area contributed by atoms with E-state index in [0.717, 1.165) is 37.3 Å². The average Bonchev–Trinajstić information content (AvgIpc) is 3.90. The maximum absolute atomic E-state index is 14.2. The van der Waals surface area contributed by atoms with E-state index >= 15 is 0 Å². The fourth-order valence-corrected chi connectivity index (χ4v) is 6.64. The van der Waals surface area contributed by atoms with Crippen LogP contribution in [0.5, 0.6) is 0 Å². The number of piperazine rings is 1. The summed E-state index contributed by atoms with van der Waals surface area (Å²) >= 11 is 0. The molecule has 54 heavy (non-hydrogen) atoms. The largest absolute Gasteiger partial charge is 0.361 e. The number of aryl methyl sites for hydroxylation is 1. The van der Waals surface area contributed by atoms with Crippen LogP contribution in [0.25, 0.3) is 0 Å². The number of rotatable bonds is 21. The Hall–Kier alpha value is -4.13. The molecule has 2 aromatic rings. The maximum Gasteiger partial charge on any atom is 0.243 e. The zero-order valence-electron chi connectivity index (χ0n) is 33.1. The normalized spacial score (nSPS) is 19.7. The van der Waals surface area contributed by atoms with Crippen molar-refractivity contribution in [3.63, 3.8) is 0 Å². The van der Waals surface area contributed by atoms with Crippen molar-refractivity contribution in [1.82, 2.24) is 31.1 Å². The van der Waals surface area contributed by atoms with Crippen LogP contribution in [0.4, 0.5) is 0 Å². The van der Waals surface area contributed by atoms with E-state index in [1.807, 2.05) is 88.4 Å². The molecule has 2 saturated heterocycles. The highest BCUT2D eigenvalue weighted by Crippen LogP contribution is 2.29. The molecule has 4 N–H and O–H groups in total. The molecule has 5 atom stereocenters. The van der Waals surface area contributed by atoms with E-state index < -0.39 is 47.5 Å². The maximum atomic E-state index is 14.2. The standard InChI is InChI=1S/C42H62N6O6/c1-29(2)17-19-34(44-39(51)33(20-18-31-13-9-7-10-14-31)43-37(49)27-48-23-21-47(6)22-24-48)40(52)46-36(26-32-15-11-8-12-16-32)41(53)45-35(25-30(3)4)38(50)42(5)28-54-42/h7-16,29-30,33-36H,17-28H2,1-6H3,(H,43,49)(H,44,51)(H,45,53)(H,46,52)/t33-,34-,35?,36-,42+/m0/s1. The van der Waals surface area contributed by atoms with Crippen LogP contribution in [0, 0.1) is 11.8 Å². The molecule has 296 valence electrons. The molecule has 0 saturated carbocycles. The number of likely N-dealkylation sites (N-methyl/N-ethyl adjacent to an activating group) is 1. The van der Waals surface area contributed by atoms with Crippen molar-refractivity contribution in [3.8, 4) is 0 Å². The van der Waals surface area contributed by atoms with Gasteiger partial charge >= 0.3 is 0 Å². The summed E-state index contributed by atoms with van der Waals surface area (Å²) in [5, 5.41) is 11.8. The summed E-state index contributed by atoms with van der Waals surface area (Å²) in [6.07, 6.45) is 2.48. The summed E-state index contributed by atoms with van der Waals surface area (Å²) in [5.41, 5.74) is 0.937. The molecule has 2 fully saturated rings. The SMILES string of the molecule is CC(C)CC[C@H](NC(=O)[C@H](CCc1ccccc1)NC(=O)CN1CCN(C)CC1)C(=O)N[C@@H](Cc1ccccc1)C(=O)NC(CC(C)C)C(=O)[C@@]1(C)CO1. The first-order valence-electron chi connectivity index (χ1n) is 19.6. The van der Waals surface area contributed by atoms with Crippen molar-refractivity contribution < 1.29 is 28.7 Å². The molecule has 0 aliphatic carbocycles. The lowest BCUT2D eigenvalue weighted by Gasteiger charge is -2.32. The van der Waals surface area contributed by atoms with Gasteiger partial charge in [-0.25, -0.2) is 0 Å². The van der Waals surface area contributed by atoms with Gasteiger partial charge in [-0.15, -0.1) is 0 Å². The van der Waals surface area contributed by atoms with Gasteiger partial charge < -0.3 is 30.9 Å². The molecule has 4 rings (SSSR count). The number of benzene rings is 2. The summed E-state index contributed by atoms with van der Waals surface area (Å²) in [4.78, 5) is 73.3. The van der Waals surface area contributed by atoms with Crippen molar-refractivity contribution >= 4 is 29.4 Å². The first-order chi connectivity index (χ1) is 25.7. The Balaban J connectivity index is 1.52. The van der Waals surface area contributed by atoms with Gasteiger partial charge in [0.2, 0.25) is 23.6 Å². The molecule has 2 aliphatic heterocycles. The first-order valence-corrected chi connectivity index (χ1v) is 19.6. The molecule has 2 aliphatic rings. The number of Topliss-reactive ketones (excluding diaryl/α,β-unsaturated/α-hetero) is 1. The lowest BCUT2D eigenvalue weighted by Crippen LogP contribution is -2.59. The Morgan fingerprint density at radius 1 is 0.667 bits per heavy atom. The first kappa shape index (κ1) is 42.6. The lowest BCUT2D eigenvalue weighted by molar-refractivity contribution is -0.135. The van der Waals surface area contributed by atoms with Crippen LogP contribution in [0.1, 0.15) is 71.4 Å². The highest BCUT2D eigenvalue weighted by Gasteiger charge is 2.50. The number of nitrogens with zero attached hydrogens (tertiary/aromatic N) is 2. The smallest absolute Gasteiger partial charge is 0.243 e. The molecule has 2 aromatic carbocycles. The zero-order chi connectivity index (χ0) is 39.3. The second kappa shape index (κ2) is 20.5. The third-order valence-electron chi connectivity index (χ3n) is 10.2. The van der Waals surface area contributed by atoms with Crippen molar-refractivity contribution in [2.75, 3.05) is 46.4 Å². The van der Waals surface area contributed by atoms with E-state index in [1.165, 1.54) is 0 Å². The topological polar surface area (TPSA) is 152 Å². The van der Waals surface area contributed by atoms with E-state index in [4.69, 9.17) is 4.74 Å². The van der Waals surface area contributed by atoms with Gasteiger partial charge in [-0.3, -0.25) is 28.9 Å². The Bertz CT molecular complexity index is 1520. The van der Waals surface area contributed by atoms with Gasteiger partial charge in [0.1, 0.15) is 23.7 Å². The number of carbonyl (C=O) groups is 5. The number of amides is 4. The fourth-order valence-electron chi connectivity index (χ4n) is 6.64. The van der Waals surface area contributed by atoms with E-state index in [0.29, 0.717) is 38.7 Å². The highest BCUT2D eigenvalue weighted by atomic mass is 16.6. The van der Waals surface area contributed by atoms with Gasteiger partial charge in [0.15, 0.2) is 5.78 Å². The van der Waals surface area contributed by atoms with Crippen molar-refractivity contribution in [2.24, 2.45) is 11.8 Å². The van der Waals surface area contributed by atoms with Crippen LogP contribution in [-0.2, 0) is 41.6 Å². The number of epoxide rings is 1. The summed E-state index contributed by atoms with van der Waals surface area (Å²) in [7, 11) is 2.05. The van der Waals surface area contributed by atoms with Gasteiger partial charge in [-0.05, 0) is 69.0 Å². The minimum atomic E-state index is -1.02. The van der Waals surface area contributed by atoms with Crippen molar-refractivity contribution in [2.45, 2.75) is 103 Å². The third kappa shape index (κ3) is 13.9. The lowest BCUT2D eigenvalue weighted by atomic mass is 9.93. The molecule has 0 aromatic heterocycles. The Labute approximate surface area is 321 Å². The van der Waals surface area contributed by atoms with E-state index in [-0.39, 0.29) is 36.5 Å². The number of hydrogen-bond donors (Lipinski definition) is 4. The Morgan fingerprint density at radius 2 is 1.19 bits per heavy atom. The zero-order valence-corrected chi connectivity index (χ0v) is 33.1. The van der Waals surface area contributed by atoms with Gasteiger partial charge in [0, 0.05) is 32.6 Å². The number of ketones is 1. The predicted octanol–water partition coefficient (Wildman–Crippen LogP) is 2.89. The molecule has 0 spiro atoms. The molecule has 12 nitrogen and oxygen atoms in total. The van der Waals surface area contributed by atoms with Crippen molar-refractivity contribution in [1.29, 1.82) is 0 Å². The molecule has 0 bridgehead atoms. The molecule has 12 heteroatoms. The number of hydrogen-bond acceptors (Lipinski definition) is 8. The van der Waals surface area contributed by atoms with Crippen LogP contribution in [0.2, 0.25) is 0 Å². The van der Waals surface area contributed by atoms with Crippen LogP contribution in [-0.4, -0.2) is 115 Å². The molecule has 0 radical (unpaired) electrons. The molecule has 1 unspecified atom stereocenters. The minimum Gasteiger partial charge on any atom is -0.361 e. The van der Waals surface area contributed by atoms with E-state index in [1.54, 1.807) is 6.92 Å². The monoisotopic (exact) mass is 746 g/mol. The van der Waals surface area contributed by atoms with Crippen LogP contribution >= 0.6 is 0 Å². The molecule has 2 heterocycles. The number of nitrogens with one attached hydrogen (secondary N) is 4. The quantitative estimate of drug-likeness (QED) is 0.143. The van der Waals surface area contributed by atoms with Crippen LogP contribution in [0.15, 0.2) is 60.7 Å². The van der Waals surface area contributed by atoms with E-state index in [2.05, 4.69) is 38.1 Å². The summed E-state index contributed by atoms with van der Waals surface area (Å²) < 4.78 is 5.42. The van der Waals surface area contributed by atoms with Gasteiger partial charge in [-0.1, -0.05) is 88.4 Å². The van der Waals surface area contributed by atoms with Gasteiger partial charge in [0.05, 0.1) is 19.2 Å². The number of ether oxygens (including phenoxy) is 1. The third-order valence-corrected chi connectivity index (χ3v) is 10.2. The van der Waals surface area contributed by atoms with Gasteiger partial charge in [-0.2, -0.15) is 0 Å². The van der Waals surface area contributed by atoms with Crippen molar-refractivity contribution in [3.05, 3.63) is 71.8 Å². The van der Waals surface area contributed by atoms with E-state index in [9.17, 15) is 24.0 Å². The molecular formula is C42H62N6O6. The second-order valence-electron chi connectivity index (χ2n) is 16.1.